The Bertz CT molecular complexity index is 1580. The van der Waals surface area contributed by atoms with Crippen LogP contribution in [0.25, 0.3) is 0 Å². The van der Waals surface area contributed by atoms with Gasteiger partial charge < -0.3 is 9.47 Å². The zero-order valence-corrected chi connectivity index (χ0v) is 21.9. The molecule has 1 N–H and O–H groups in total. The molecule has 0 radical (unpaired) electrons. The fourth-order valence-electron chi connectivity index (χ4n) is 5.22. The van der Waals surface area contributed by atoms with E-state index in [0.717, 1.165) is 9.47 Å². The van der Waals surface area contributed by atoms with E-state index in [1.165, 1.54) is 0 Å². The van der Waals surface area contributed by atoms with Crippen molar-refractivity contribution >= 4 is 13.7 Å². The first-order valence-corrected chi connectivity index (χ1v) is 13.7. The third-order valence-electron chi connectivity index (χ3n) is 7.13. The number of benzene rings is 2. The average Bonchev–Trinajstić information content (AvgIpc) is 3.51. The van der Waals surface area contributed by atoms with Crippen LogP contribution in [0, 0.1) is 17.5 Å². The Labute approximate surface area is 227 Å². The number of phosphoric ester groups is 1. The number of aromatic nitrogens is 3. The van der Waals surface area contributed by atoms with Crippen LogP contribution in [0.15, 0.2) is 42.5 Å². The molecule has 41 heavy (non-hydrogen) atoms. The number of alkyl halides is 3. The molecule has 7 rings (SSSR count). The van der Waals surface area contributed by atoms with Crippen LogP contribution in [-0.2, 0) is 48.6 Å². The molecule has 3 saturated heterocycles. The van der Waals surface area contributed by atoms with E-state index in [4.69, 9.17) is 13.6 Å². The van der Waals surface area contributed by atoms with Crippen LogP contribution in [0.2, 0.25) is 0 Å². The highest BCUT2D eigenvalue weighted by Gasteiger charge is 2.83. The van der Waals surface area contributed by atoms with Gasteiger partial charge in [-0.25, -0.2) is 26.8 Å². The lowest BCUT2D eigenvalue weighted by Gasteiger charge is -2.44. The van der Waals surface area contributed by atoms with Crippen molar-refractivity contribution in [2.75, 3.05) is 6.54 Å². The molecule has 2 bridgehead atoms. The molecule has 0 aliphatic carbocycles. The summed E-state index contributed by atoms with van der Waals surface area (Å²) in [5.74, 6) is -8.98. The molecule has 17 heteroatoms. The summed E-state index contributed by atoms with van der Waals surface area (Å²) in [5.41, 5.74) is -2.05. The Morgan fingerprint density at radius 2 is 1.73 bits per heavy atom. The van der Waals surface area contributed by atoms with Gasteiger partial charge in [0.1, 0.15) is 5.82 Å². The van der Waals surface area contributed by atoms with Crippen LogP contribution < -0.4 is 5.32 Å². The van der Waals surface area contributed by atoms with Gasteiger partial charge in [-0.1, -0.05) is 30.3 Å². The third kappa shape index (κ3) is 4.45. The van der Waals surface area contributed by atoms with Gasteiger partial charge in [-0.3, -0.25) is 14.6 Å². The first-order chi connectivity index (χ1) is 19.3. The predicted molar refractivity (Wildman–Crippen MR) is 125 cm³/mol. The van der Waals surface area contributed by atoms with E-state index in [9.17, 15) is 35.7 Å². The summed E-state index contributed by atoms with van der Waals surface area (Å²) < 4.78 is 113. The summed E-state index contributed by atoms with van der Waals surface area (Å²) in [6, 6.07) is 8.82. The number of carbonyl (C=O) groups is 1. The number of nitrogens with one attached hydrogen (secondary N) is 1. The van der Waals surface area contributed by atoms with Gasteiger partial charge >= 0.3 is 19.8 Å². The largest absolute Gasteiger partial charge is 0.483 e. The summed E-state index contributed by atoms with van der Waals surface area (Å²) in [6.45, 7) is 0.574. The van der Waals surface area contributed by atoms with Crippen LogP contribution in [0.1, 0.15) is 35.7 Å². The van der Waals surface area contributed by atoms with Crippen molar-refractivity contribution in [1.82, 2.24) is 25.0 Å². The van der Waals surface area contributed by atoms with Gasteiger partial charge in [0.15, 0.2) is 17.5 Å². The predicted octanol–water partition coefficient (Wildman–Crippen LogP) is 4.23. The highest BCUT2D eigenvalue weighted by Crippen LogP contribution is 2.78. The van der Waals surface area contributed by atoms with Crippen molar-refractivity contribution in [2.45, 2.75) is 50.2 Å². The van der Waals surface area contributed by atoms with Crippen molar-refractivity contribution in [3.05, 3.63) is 82.7 Å². The maximum absolute atomic E-state index is 14.8. The Hall–Kier alpha value is -3.30. The normalized spacial score (nSPS) is 27.8. The van der Waals surface area contributed by atoms with E-state index in [-0.39, 0.29) is 18.9 Å². The number of rotatable bonds is 6. The van der Waals surface area contributed by atoms with Gasteiger partial charge in [0.25, 0.3) is 5.91 Å². The van der Waals surface area contributed by atoms with Gasteiger partial charge in [0, 0.05) is 31.6 Å². The Morgan fingerprint density at radius 1 is 1.05 bits per heavy atom. The molecule has 5 heterocycles. The van der Waals surface area contributed by atoms with Crippen molar-refractivity contribution in [3.63, 3.8) is 0 Å². The second-order valence-corrected chi connectivity index (χ2v) is 11.2. The Morgan fingerprint density at radius 3 is 2.41 bits per heavy atom. The van der Waals surface area contributed by atoms with Gasteiger partial charge in [0.05, 0.1) is 6.54 Å². The van der Waals surface area contributed by atoms with E-state index >= 15 is 0 Å². The zero-order chi connectivity index (χ0) is 29.4. The lowest BCUT2D eigenvalue weighted by Crippen LogP contribution is -2.70. The zero-order valence-electron chi connectivity index (χ0n) is 21.0. The molecule has 0 saturated carbocycles. The quantitative estimate of drug-likeness (QED) is 0.254. The van der Waals surface area contributed by atoms with Gasteiger partial charge in [-0.05, 0) is 24.1 Å². The minimum atomic E-state index is -4.77. The molecule has 218 valence electrons. The number of phosphoric acid groups is 1. The summed E-state index contributed by atoms with van der Waals surface area (Å²) >= 11 is 0. The molecule has 3 fully saturated rings. The molecule has 0 spiro atoms. The van der Waals surface area contributed by atoms with E-state index < -0.39 is 79.3 Å². The number of nitrogens with zero attached hydrogens (tertiary/aromatic N) is 4. The molecule has 10 nitrogen and oxygen atoms in total. The minimum Gasteiger partial charge on any atom is -0.328 e. The summed E-state index contributed by atoms with van der Waals surface area (Å²) in [5, 5.41) is 9.70. The molecule has 0 unspecified atom stereocenters. The van der Waals surface area contributed by atoms with Crippen LogP contribution in [0.4, 0.5) is 26.3 Å². The molecule has 1 aromatic heterocycles. The van der Waals surface area contributed by atoms with Crippen molar-refractivity contribution in [3.8, 4) is 0 Å². The molecule has 3 aromatic rings. The lowest BCUT2D eigenvalue weighted by molar-refractivity contribution is -0.231. The molecule has 2 aromatic carbocycles. The number of carbonyl (C=O) groups excluding carboxylic acids is 1. The second-order valence-electron chi connectivity index (χ2n) is 9.79. The van der Waals surface area contributed by atoms with Crippen molar-refractivity contribution in [1.29, 1.82) is 0 Å². The van der Waals surface area contributed by atoms with Gasteiger partial charge in [-0.2, -0.15) is 13.2 Å². The minimum absolute atomic E-state index is 0.183. The SMILES string of the molecule is C[C@@H](N[C@]1(Cc2cc(F)c(F)cc2F)OP2(=O)OC1(C(=O)N1CCn3c(nnc3C(F)(F)F)C1)O2)c1ccccc1. The fraction of sp³-hybridized carbons (Fsp3) is 0.375. The highest BCUT2D eigenvalue weighted by atomic mass is 31.2. The smallest absolute Gasteiger partial charge is 0.328 e. The summed E-state index contributed by atoms with van der Waals surface area (Å²) in [6.07, 6.45) is -5.49. The Kier molecular flexibility index (Phi) is 6.36. The molecule has 4 aliphatic heterocycles. The van der Waals surface area contributed by atoms with Crippen LogP contribution in [0.3, 0.4) is 0 Å². The molecule has 4 aliphatic rings. The fourth-order valence-corrected chi connectivity index (χ4v) is 7.01. The van der Waals surface area contributed by atoms with Gasteiger partial charge in [-0.15, -0.1) is 10.2 Å². The second kappa shape index (κ2) is 9.36. The number of halogens is 6. The average molecular weight is 603 g/mol. The summed E-state index contributed by atoms with van der Waals surface area (Å²) in [7, 11) is -4.38. The molecule has 2 atom stereocenters. The maximum atomic E-state index is 14.8. The van der Waals surface area contributed by atoms with E-state index in [1.54, 1.807) is 37.3 Å². The van der Waals surface area contributed by atoms with Crippen LogP contribution in [-0.4, -0.2) is 43.6 Å². The van der Waals surface area contributed by atoms with E-state index in [1.807, 2.05) is 0 Å². The first-order valence-electron chi connectivity index (χ1n) is 12.2. The molecular weight excluding hydrogens is 583 g/mol. The standard InChI is InChI=1S/C24H20F6N5O5P/c1-13(14-5-3-2-4-6-14)31-22(11-15-9-17(26)18(27)10-16(15)25)23(39-41(37,38-22)40-23)21(36)34-7-8-35-19(12-34)32-33-20(35)24(28,29)30/h2-6,9-10,13,31H,7-8,11-12H2,1H3/t13-,22-,23?,41?/m1/s1. The van der Waals surface area contributed by atoms with Crippen LogP contribution >= 0.6 is 7.82 Å². The molecular formula is C24H20F6N5O5P. The number of fused-ring (bicyclic) bond motifs is 2. The molecule has 1 amide bonds. The topological polar surface area (TPSA) is 108 Å². The summed E-state index contributed by atoms with van der Waals surface area (Å²) in [4.78, 5) is 15.0. The van der Waals surface area contributed by atoms with E-state index in [2.05, 4.69) is 15.5 Å². The van der Waals surface area contributed by atoms with Crippen molar-refractivity contribution in [2.24, 2.45) is 0 Å². The third-order valence-corrected chi connectivity index (χ3v) is 8.63. The maximum Gasteiger partial charge on any atom is 0.483 e. The Balaban J connectivity index is 1.39. The number of hydrogen-bond donors (Lipinski definition) is 1. The highest BCUT2D eigenvalue weighted by molar-refractivity contribution is 7.50. The van der Waals surface area contributed by atoms with Gasteiger partial charge in [0.2, 0.25) is 11.5 Å². The van der Waals surface area contributed by atoms with Crippen LogP contribution in [0.5, 0.6) is 0 Å². The lowest BCUT2D eigenvalue weighted by atomic mass is 9.90. The van der Waals surface area contributed by atoms with Crippen molar-refractivity contribution < 1.29 is 49.3 Å². The number of hydrogen-bond acceptors (Lipinski definition) is 8. The number of amides is 1. The van der Waals surface area contributed by atoms with E-state index in [0.29, 0.717) is 17.7 Å². The first kappa shape index (κ1) is 27.8. The monoisotopic (exact) mass is 603 g/mol.